The van der Waals surface area contributed by atoms with Crippen LogP contribution in [0.15, 0.2) is 36.4 Å². The van der Waals surface area contributed by atoms with E-state index in [-0.39, 0.29) is 16.7 Å². The zero-order valence-electron chi connectivity index (χ0n) is 18.1. The van der Waals surface area contributed by atoms with Crippen molar-refractivity contribution in [3.63, 3.8) is 0 Å². The fourth-order valence-corrected chi connectivity index (χ4v) is 4.24. The summed E-state index contributed by atoms with van der Waals surface area (Å²) in [5.41, 5.74) is 4.63. The summed E-state index contributed by atoms with van der Waals surface area (Å²) in [6.07, 6.45) is 0.912. The third kappa shape index (κ3) is 5.46. The van der Waals surface area contributed by atoms with Crippen molar-refractivity contribution in [2.45, 2.75) is 33.1 Å². The fraction of sp³-hybridized carbons (Fsp3) is 0.458. The van der Waals surface area contributed by atoms with Gasteiger partial charge in [-0.1, -0.05) is 35.9 Å². The van der Waals surface area contributed by atoms with Gasteiger partial charge in [0, 0.05) is 38.4 Å². The van der Waals surface area contributed by atoms with Crippen molar-refractivity contribution >= 4 is 23.2 Å². The minimum Gasteiger partial charge on any atom is -0.506 e. The van der Waals surface area contributed by atoms with Gasteiger partial charge in [-0.15, -0.1) is 0 Å². The standard InChI is InChI=1S/C24H32ClN3O2/c1-17-8-9-18(2)21(16-17)28-14-12-27(13-15-28)11-5-10-26-24(30)19(3)20-6-4-7-22(29)23(20)25/h4,6-9,16,19,29H,5,10-15H2,1-3H3,(H,26,30). The molecule has 2 N–H and O–H groups in total. The molecule has 0 spiro atoms. The average Bonchev–Trinajstić information content (AvgIpc) is 2.74. The SMILES string of the molecule is Cc1ccc(C)c(N2CCN(CCCNC(=O)C(C)c3cccc(O)c3Cl)CC2)c1. The van der Waals surface area contributed by atoms with Crippen molar-refractivity contribution in [3.8, 4) is 5.75 Å². The maximum atomic E-state index is 12.4. The molecule has 1 aliphatic rings. The van der Waals surface area contributed by atoms with Gasteiger partial charge in [-0.05, 0) is 62.6 Å². The van der Waals surface area contributed by atoms with Gasteiger partial charge in [0.05, 0.1) is 10.9 Å². The number of phenols is 1. The first-order valence-corrected chi connectivity index (χ1v) is 11.0. The number of benzene rings is 2. The number of aromatic hydroxyl groups is 1. The van der Waals surface area contributed by atoms with E-state index in [1.807, 2.05) is 6.92 Å². The van der Waals surface area contributed by atoms with Crippen LogP contribution in [0.5, 0.6) is 5.75 Å². The largest absolute Gasteiger partial charge is 0.506 e. The van der Waals surface area contributed by atoms with E-state index in [0.29, 0.717) is 12.1 Å². The van der Waals surface area contributed by atoms with E-state index >= 15 is 0 Å². The summed E-state index contributed by atoms with van der Waals surface area (Å²) in [7, 11) is 0. The molecule has 0 aromatic heterocycles. The van der Waals surface area contributed by atoms with E-state index < -0.39 is 5.92 Å². The highest BCUT2D eigenvalue weighted by molar-refractivity contribution is 6.33. The molecule has 1 atom stereocenters. The maximum absolute atomic E-state index is 12.4. The summed E-state index contributed by atoms with van der Waals surface area (Å²) in [6, 6.07) is 11.7. The summed E-state index contributed by atoms with van der Waals surface area (Å²) in [4.78, 5) is 17.4. The van der Waals surface area contributed by atoms with Crippen LogP contribution in [0.1, 0.15) is 36.0 Å². The Hall–Kier alpha value is -2.24. The van der Waals surface area contributed by atoms with Gasteiger partial charge >= 0.3 is 0 Å². The summed E-state index contributed by atoms with van der Waals surface area (Å²) in [6.45, 7) is 11.9. The lowest BCUT2D eigenvalue weighted by molar-refractivity contribution is -0.122. The lowest BCUT2D eigenvalue weighted by Gasteiger charge is -2.37. The van der Waals surface area contributed by atoms with Crippen LogP contribution in [0, 0.1) is 13.8 Å². The second kappa shape index (κ2) is 10.2. The van der Waals surface area contributed by atoms with E-state index in [1.165, 1.54) is 22.9 Å². The second-order valence-electron chi connectivity index (χ2n) is 8.17. The third-order valence-corrected chi connectivity index (χ3v) is 6.31. The first-order chi connectivity index (χ1) is 14.4. The van der Waals surface area contributed by atoms with Crippen molar-refractivity contribution in [2.75, 3.05) is 44.2 Å². The Morgan fingerprint density at radius 2 is 1.90 bits per heavy atom. The van der Waals surface area contributed by atoms with Gasteiger partial charge in [0.15, 0.2) is 0 Å². The van der Waals surface area contributed by atoms with Gasteiger partial charge < -0.3 is 15.3 Å². The van der Waals surface area contributed by atoms with Crippen LogP contribution in [0.3, 0.4) is 0 Å². The molecule has 1 saturated heterocycles. The minimum absolute atomic E-state index is 0.00816. The Morgan fingerprint density at radius 1 is 1.17 bits per heavy atom. The molecule has 1 aliphatic heterocycles. The Labute approximate surface area is 184 Å². The number of nitrogens with zero attached hydrogens (tertiary/aromatic N) is 2. The molecule has 162 valence electrons. The predicted molar refractivity (Wildman–Crippen MR) is 124 cm³/mol. The minimum atomic E-state index is -0.397. The molecule has 6 heteroatoms. The number of amides is 1. The number of anilines is 1. The van der Waals surface area contributed by atoms with Crippen molar-refractivity contribution in [3.05, 3.63) is 58.1 Å². The molecule has 3 rings (SSSR count). The number of rotatable bonds is 7. The van der Waals surface area contributed by atoms with Crippen LogP contribution in [0.25, 0.3) is 0 Å². The number of carbonyl (C=O) groups excluding carboxylic acids is 1. The number of carbonyl (C=O) groups is 1. The first-order valence-electron chi connectivity index (χ1n) is 10.7. The highest BCUT2D eigenvalue weighted by Crippen LogP contribution is 2.31. The van der Waals surface area contributed by atoms with Crippen LogP contribution in [-0.2, 0) is 4.79 Å². The van der Waals surface area contributed by atoms with Gasteiger partial charge in [-0.25, -0.2) is 0 Å². The summed E-state index contributed by atoms with van der Waals surface area (Å²) >= 11 is 6.13. The molecule has 0 aliphatic carbocycles. The highest BCUT2D eigenvalue weighted by Gasteiger charge is 2.20. The van der Waals surface area contributed by atoms with Gasteiger partial charge in [-0.2, -0.15) is 0 Å². The van der Waals surface area contributed by atoms with Crippen molar-refractivity contribution < 1.29 is 9.90 Å². The van der Waals surface area contributed by atoms with Gasteiger partial charge in [-0.3, -0.25) is 9.69 Å². The zero-order valence-corrected chi connectivity index (χ0v) is 18.9. The van der Waals surface area contributed by atoms with Crippen LogP contribution in [0.4, 0.5) is 5.69 Å². The summed E-state index contributed by atoms with van der Waals surface area (Å²) < 4.78 is 0. The van der Waals surface area contributed by atoms with Gasteiger partial charge in [0.2, 0.25) is 5.91 Å². The molecule has 1 unspecified atom stereocenters. The molecular weight excluding hydrogens is 398 g/mol. The molecule has 30 heavy (non-hydrogen) atoms. The molecular formula is C24H32ClN3O2. The molecule has 1 amide bonds. The Bertz CT molecular complexity index is 879. The number of piperazine rings is 1. The number of nitrogens with one attached hydrogen (secondary N) is 1. The van der Waals surface area contributed by atoms with E-state index in [0.717, 1.165) is 39.1 Å². The lowest BCUT2D eigenvalue weighted by Crippen LogP contribution is -2.47. The molecule has 1 fully saturated rings. The van der Waals surface area contributed by atoms with Crippen LogP contribution in [-0.4, -0.2) is 55.2 Å². The zero-order chi connectivity index (χ0) is 21.7. The van der Waals surface area contributed by atoms with E-state index in [1.54, 1.807) is 12.1 Å². The Balaban J connectivity index is 1.40. The smallest absolute Gasteiger partial charge is 0.227 e. The van der Waals surface area contributed by atoms with Crippen LogP contribution >= 0.6 is 11.6 Å². The molecule has 0 bridgehead atoms. The summed E-state index contributed by atoms with van der Waals surface area (Å²) in [5.74, 6) is -0.457. The first kappa shape index (κ1) is 22.4. The number of hydrogen-bond acceptors (Lipinski definition) is 4. The molecule has 0 radical (unpaired) electrons. The Kier molecular flexibility index (Phi) is 7.62. The van der Waals surface area contributed by atoms with Crippen molar-refractivity contribution in [1.29, 1.82) is 0 Å². The third-order valence-electron chi connectivity index (χ3n) is 5.90. The number of hydrogen-bond donors (Lipinski definition) is 2. The monoisotopic (exact) mass is 429 g/mol. The number of halogens is 1. The fourth-order valence-electron chi connectivity index (χ4n) is 3.95. The van der Waals surface area contributed by atoms with Crippen molar-refractivity contribution in [2.24, 2.45) is 0 Å². The average molecular weight is 430 g/mol. The number of aryl methyl sites for hydroxylation is 2. The van der Waals surface area contributed by atoms with E-state index in [4.69, 9.17) is 11.6 Å². The predicted octanol–water partition coefficient (Wildman–Crippen LogP) is 4.09. The molecule has 0 saturated carbocycles. The molecule has 2 aromatic rings. The lowest BCUT2D eigenvalue weighted by atomic mass is 10.00. The normalized spacial score (nSPS) is 15.8. The van der Waals surface area contributed by atoms with Crippen LogP contribution in [0.2, 0.25) is 5.02 Å². The van der Waals surface area contributed by atoms with E-state index in [2.05, 4.69) is 47.2 Å². The summed E-state index contributed by atoms with van der Waals surface area (Å²) in [5, 5.41) is 13.0. The van der Waals surface area contributed by atoms with E-state index in [9.17, 15) is 9.90 Å². The van der Waals surface area contributed by atoms with Gasteiger partial charge in [0.1, 0.15) is 5.75 Å². The Morgan fingerprint density at radius 3 is 2.63 bits per heavy atom. The molecule has 5 nitrogen and oxygen atoms in total. The quantitative estimate of drug-likeness (QED) is 0.651. The second-order valence-corrected chi connectivity index (χ2v) is 8.54. The molecule has 2 aromatic carbocycles. The van der Waals surface area contributed by atoms with Crippen molar-refractivity contribution in [1.82, 2.24) is 10.2 Å². The molecule has 1 heterocycles. The highest BCUT2D eigenvalue weighted by atomic mass is 35.5. The maximum Gasteiger partial charge on any atom is 0.227 e. The van der Waals surface area contributed by atoms with Gasteiger partial charge in [0.25, 0.3) is 0 Å². The number of phenolic OH excluding ortho intramolecular Hbond substituents is 1. The van der Waals surface area contributed by atoms with Crippen LogP contribution < -0.4 is 10.2 Å². The topological polar surface area (TPSA) is 55.8 Å².